The fraction of sp³-hybridized carbons (Fsp3) is 0.875. The second kappa shape index (κ2) is 4.42. The normalized spacial score (nSPS) is 17.6. The Morgan fingerprint density at radius 2 is 2.25 bits per heavy atom. The van der Waals surface area contributed by atoms with Crippen LogP contribution in [0.1, 0.15) is 13.8 Å². The summed E-state index contributed by atoms with van der Waals surface area (Å²) in [7, 11) is 0. The molecule has 0 aromatic carbocycles. The molecule has 4 heteroatoms. The first-order valence-electron chi connectivity index (χ1n) is 4.20. The topological polar surface area (TPSA) is 47.6 Å². The van der Waals surface area contributed by atoms with Gasteiger partial charge in [-0.1, -0.05) is 0 Å². The highest BCUT2D eigenvalue weighted by molar-refractivity contribution is 5.70. The van der Waals surface area contributed by atoms with Crippen molar-refractivity contribution < 1.29 is 14.3 Å². The van der Waals surface area contributed by atoms with Gasteiger partial charge in [0, 0.05) is 13.1 Å². The van der Waals surface area contributed by atoms with Crippen LogP contribution in [0.5, 0.6) is 0 Å². The van der Waals surface area contributed by atoms with Crippen LogP contribution < -0.4 is 5.32 Å². The van der Waals surface area contributed by atoms with Gasteiger partial charge >= 0.3 is 5.97 Å². The van der Waals surface area contributed by atoms with E-state index in [0.29, 0.717) is 0 Å². The Balaban J connectivity index is 2.01. The minimum Gasteiger partial charge on any atom is -0.461 e. The number of ether oxygens (including phenoxy) is 2. The molecule has 1 heterocycles. The Labute approximate surface area is 72.2 Å². The number of hydrogen-bond donors (Lipinski definition) is 1. The first-order chi connectivity index (χ1) is 5.68. The zero-order chi connectivity index (χ0) is 8.97. The Morgan fingerprint density at radius 3 is 2.67 bits per heavy atom. The Kier molecular flexibility index (Phi) is 3.49. The molecule has 12 heavy (non-hydrogen) atoms. The predicted molar refractivity (Wildman–Crippen MR) is 43.8 cm³/mol. The van der Waals surface area contributed by atoms with Crippen LogP contribution >= 0.6 is 0 Å². The van der Waals surface area contributed by atoms with Crippen LogP contribution in [0.3, 0.4) is 0 Å². The third kappa shape index (κ3) is 3.19. The molecular formula is C8H15NO3. The van der Waals surface area contributed by atoms with Crippen molar-refractivity contribution in [1.82, 2.24) is 5.32 Å². The first kappa shape index (κ1) is 9.48. The smallest absolute Gasteiger partial charge is 0.332 e. The fourth-order valence-corrected chi connectivity index (χ4v) is 0.863. The third-order valence-electron chi connectivity index (χ3n) is 1.55. The summed E-state index contributed by atoms with van der Waals surface area (Å²) in [4.78, 5) is 10.9. The lowest BCUT2D eigenvalue weighted by Gasteiger charge is -2.26. The zero-order valence-electron chi connectivity index (χ0n) is 7.50. The van der Waals surface area contributed by atoms with Crippen molar-refractivity contribution in [2.75, 3.05) is 19.7 Å². The molecule has 0 saturated carbocycles. The largest absolute Gasteiger partial charge is 0.461 e. The van der Waals surface area contributed by atoms with Crippen LogP contribution in [0.2, 0.25) is 0 Å². The molecule has 0 unspecified atom stereocenters. The van der Waals surface area contributed by atoms with Crippen molar-refractivity contribution in [3.05, 3.63) is 0 Å². The number of esters is 1. The quantitative estimate of drug-likeness (QED) is 0.604. The molecule has 0 aromatic heterocycles. The second-order valence-corrected chi connectivity index (χ2v) is 3.13. The lowest BCUT2D eigenvalue weighted by molar-refractivity contribution is -0.155. The van der Waals surface area contributed by atoms with Crippen molar-refractivity contribution in [1.29, 1.82) is 0 Å². The Morgan fingerprint density at radius 1 is 1.58 bits per heavy atom. The molecular weight excluding hydrogens is 158 g/mol. The number of carbonyl (C=O) groups excluding carboxylic acids is 1. The van der Waals surface area contributed by atoms with Gasteiger partial charge in [-0.3, -0.25) is 0 Å². The SMILES string of the molecule is CC(C)OC(=O)COC1CNC1. The van der Waals surface area contributed by atoms with E-state index in [1.807, 2.05) is 13.8 Å². The maximum absolute atomic E-state index is 10.9. The first-order valence-corrected chi connectivity index (χ1v) is 4.20. The van der Waals surface area contributed by atoms with Crippen LogP contribution in [-0.4, -0.2) is 37.9 Å². The van der Waals surface area contributed by atoms with Crippen LogP contribution in [-0.2, 0) is 14.3 Å². The molecule has 0 aromatic rings. The van der Waals surface area contributed by atoms with Gasteiger partial charge in [0.2, 0.25) is 0 Å². The molecule has 1 saturated heterocycles. The molecule has 0 atom stereocenters. The number of nitrogens with one attached hydrogen (secondary N) is 1. The van der Waals surface area contributed by atoms with Gasteiger partial charge in [0.15, 0.2) is 0 Å². The molecule has 1 aliphatic rings. The summed E-state index contributed by atoms with van der Waals surface area (Å²) in [5, 5.41) is 3.05. The summed E-state index contributed by atoms with van der Waals surface area (Å²) >= 11 is 0. The minimum atomic E-state index is -0.281. The molecule has 0 spiro atoms. The van der Waals surface area contributed by atoms with Gasteiger partial charge in [0.05, 0.1) is 12.2 Å². The highest BCUT2D eigenvalue weighted by Gasteiger charge is 2.18. The van der Waals surface area contributed by atoms with Crippen molar-refractivity contribution in [2.24, 2.45) is 0 Å². The standard InChI is InChI=1S/C8H15NO3/c1-6(2)12-8(10)5-11-7-3-9-4-7/h6-7,9H,3-5H2,1-2H3. The lowest BCUT2D eigenvalue weighted by atomic mass is 10.2. The van der Waals surface area contributed by atoms with E-state index in [1.54, 1.807) is 0 Å². The highest BCUT2D eigenvalue weighted by atomic mass is 16.6. The van der Waals surface area contributed by atoms with E-state index in [9.17, 15) is 4.79 Å². The van der Waals surface area contributed by atoms with Crippen LogP contribution in [0, 0.1) is 0 Å². The molecule has 70 valence electrons. The average molecular weight is 173 g/mol. The van der Waals surface area contributed by atoms with Crippen molar-refractivity contribution in [3.8, 4) is 0 Å². The zero-order valence-corrected chi connectivity index (χ0v) is 7.50. The van der Waals surface area contributed by atoms with E-state index in [-0.39, 0.29) is 24.8 Å². The molecule has 1 N–H and O–H groups in total. The van der Waals surface area contributed by atoms with E-state index in [1.165, 1.54) is 0 Å². The number of hydrogen-bond acceptors (Lipinski definition) is 4. The van der Waals surface area contributed by atoms with E-state index < -0.39 is 0 Å². The fourth-order valence-electron chi connectivity index (χ4n) is 0.863. The highest BCUT2D eigenvalue weighted by Crippen LogP contribution is 1.98. The summed E-state index contributed by atoms with van der Waals surface area (Å²) in [5.74, 6) is -0.281. The average Bonchev–Trinajstić information content (AvgIpc) is 1.81. The third-order valence-corrected chi connectivity index (χ3v) is 1.55. The monoisotopic (exact) mass is 173 g/mol. The number of carbonyl (C=O) groups is 1. The Hall–Kier alpha value is -0.610. The molecule has 0 aliphatic carbocycles. The van der Waals surface area contributed by atoms with Gasteiger partial charge in [-0.2, -0.15) is 0 Å². The molecule has 4 nitrogen and oxygen atoms in total. The van der Waals surface area contributed by atoms with Crippen LogP contribution in [0.15, 0.2) is 0 Å². The molecule has 1 fully saturated rings. The maximum atomic E-state index is 10.9. The second-order valence-electron chi connectivity index (χ2n) is 3.13. The van der Waals surface area contributed by atoms with Gasteiger partial charge in [0.1, 0.15) is 6.61 Å². The van der Waals surface area contributed by atoms with Gasteiger partial charge in [-0.05, 0) is 13.8 Å². The summed E-state index contributed by atoms with van der Waals surface area (Å²) < 4.78 is 10.1. The van der Waals surface area contributed by atoms with Crippen LogP contribution in [0.4, 0.5) is 0 Å². The summed E-state index contributed by atoms with van der Waals surface area (Å²) in [6, 6.07) is 0. The molecule has 0 amide bonds. The van der Waals surface area contributed by atoms with Crippen molar-refractivity contribution in [3.63, 3.8) is 0 Å². The van der Waals surface area contributed by atoms with Gasteiger partial charge in [-0.25, -0.2) is 4.79 Å². The molecule has 1 rings (SSSR count). The van der Waals surface area contributed by atoms with E-state index in [2.05, 4.69) is 5.32 Å². The Bertz CT molecular complexity index is 154. The summed E-state index contributed by atoms with van der Waals surface area (Å²) in [6.45, 7) is 5.40. The maximum Gasteiger partial charge on any atom is 0.332 e. The van der Waals surface area contributed by atoms with Crippen molar-refractivity contribution >= 4 is 5.97 Å². The van der Waals surface area contributed by atoms with Gasteiger partial charge < -0.3 is 14.8 Å². The molecule has 1 aliphatic heterocycles. The van der Waals surface area contributed by atoms with Crippen molar-refractivity contribution in [2.45, 2.75) is 26.1 Å². The van der Waals surface area contributed by atoms with E-state index in [0.717, 1.165) is 13.1 Å². The predicted octanol–water partition coefficient (Wildman–Crippen LogP) is -0.0736. The summed E-state index contributed by atoms with van der Waals surface area (Å²) in [5.41, 5.74) is 0. The minimum absolute atomic E-state index is 0.0550. The van der Waals surface area contributed by atoms with Crippen LogP contribution in [0.25, 0.3) is 0 Å². The van der Waals surface area contributed by atoms with E-state index in [4.69, 9.17) is 9.47 Å². The van der Waals surface area contributed by atoms with Gasteiger partial charge in [0.25, 0.3) is 0 Å². The number of rotatable bonds is 4. The molecule has 0 radical (unpaired) electrons. The summed E-state index contributed by atoms with van der Waals surface area (Å²) in [6.07, 6.45) is 0.144. The molecule has 0 bridgehead atoms. The van der Waals surface area contributed by atoms with E-state index >= 15 is 0 Å². The lowest BCUT2D eigenvalue weighted by Crippen LogP contribution is -2.49. The van der Waals surface area contributed by atoms with Gasteiger partial charge in [-0.15, -0.1) is 0 Å².